The Labute approximate surface area is 121 Å². The molecule has 3 aliphatic heterocycles. The van der Waals surface area contributed by atoms with E-state index in [1.807, 2.05) is 6.07 Å². The van der Waals surface area contributed by atoms with Gasteiger partial charge in [-0.1, -0.05) is 13.0 Å². The van der Waals surface area contributed by atoms with Gasteiger partial charge in [-0.25, -0.2) is 4.98 Å². The van der Waals surface area contributed by atoms with Crippen molar-refractivity contribution in [2.45, 2.75) is 25.4 Å². The van der Waals surface area contributed by atoms with Crippen molar-refractivity contribution in [3.05, 3.63) is 23.9 Å². The summed E-state index contributed by atoms with van der Waals surface area (Å²) in [4.78, 5) is 9.44. The molecule has 110 valence electrons. The number of nitrogens with zero attached hydrogens (tertiary/aromatic N) is 3. The van der Waals surface area contributed by atoms with Crippen LogP contribution in [0.2, 0.25) is 0 Å². The lowest BCUT2D eigenvalue weighted by atomic mass is 9.94. The molecule has 0 spiro atoms. The molecule has 0 amide bonds. The number of pyridine rings is 1. The van der Waals surface area contributed by atoms with Gasteiger partial charge in [-0.15, -0.1) is 0 Å². The van der Waals surface area contributed by atoms with Gasteiger partial charge in [0.2, 0.25) is 0 Å². The Morgan fingerprint density at radius 3 is 2.80 bits per heavy atom. The highest BCUT2D eigenvalue weighted by molar-refractivity contribution is 5.39. The van der Waals surface area contributed by atoms with Crippen molar-refractivity contribution in [1.82, 2.24) is 20.1 Å². The highest BCUT2D eigenvalue weighted by atomic mass is 15.4. The van der Waals surface area contributed by atoms with Gasteiger partial charge in [0.05, 0.1) is 0 Å². The van der Waals surface area contributed by atoms with Crippen molar-refractivity contribution in [1.29, 1.82) is 0 Å². The minimum Gasteiger partial charge on any atom is -0.383 e. The molecule has 0 saturated carbocycles. The van der Waals surface area contributed by atoms with Crippen LogP contribution in [0, 0.1) is 0 Å². The SMILES string of the molecule is CCNC(Cc1cccnc1N)C1CN2CCN1CC2. The Kier molecular flexibility index (Phi) is 4.19. The maximum absolute atomic E-state index is 6.01. The van der Waals surface area contributed by atoms with Crippen molar-refractivity contribution in [2.24, 2.45) is 0 Å². The Balaban J connectivity index is 1.74. The Morgan fingerprint density at radius 1 is 1.40 bits per heavy atom. The monoisotopic (exact) mass is 275 g/mol. The van der Waals surface area contributed by atoms with Gasteiger partial charge in [-0.2, -0.15) is 0 Å². The maximum atomic E-state index is 6.01. The summed E-state index contributed by atoms with van der Waals surface area (Å²) >= 11 is 0. The molecule has 2 bridgehead atoms. The number of hydrogen-bond donors (Lipinski definition) is 2. The molecule has 3 fully saturated rings. The summed E-state index contributed by atoms with van der Waals surface area (Å²) in [5.74, 6) is 0.673. The zero-order valence-corrected chi connectivity index (χ0v) is 12.3. The molecule has 4 heterocycles. The molecular weight excluding hydrogens is 250 g/mol. The zero-order valence-electron chi connectivity index (χ0n) is 12.3. The summed E-state index contributed by atoms with van der Waals surface area (Å²) in [6.45, 7) is 9.21. The Hall–Kier alpha value is -1.17. The number of aromatic nitrogens is 1. The second-order valence-electron chi connectivity index (χ2n) is 5.82. The van der Waals surface area contributed by atoms with Crippen LogP contribution in [0.25, 0.3) is 0 Å². The molecule has 4 rings (SSSR count). The summed E-state index contributed by atoms with van der Waals surface area (Å²) in [7, 11) is 0. The van der Waals surface area contributed by atoms with Crippen LogP contribution in [0.3, 0.4) is 0 Å². The van der Waals surface area contributed by atoms with Crippen molar-refractivity contribution in [3.63, 3.8) is 0 Å². The molecular formula is C15H25N5. The van der Waals surface area contributed by atoms with Gasteiger partial charge in [0.25, 0.3) is 0 Å². The molecule has 2 atom stereocenters. The second kappa shape index (κ2) is 6.08. The smallest absolute Gasteiger partial charge is 0.126 e. The standard InChI is InChI=1S/C15H25N5/c1-2-17-13(10-12-4-3-5-18-15(12)16)14-11-19-6-8-20(14)9-7-19/h3-5,13-14,17H,2,6-11H2,1H3,(H2,16,18). The van der Waals surface area contributed by atoms with Gasteiger partial charge >= 0.3 is 0 Å². The first-order chi connectivity index (χ1) is 9.78. The summed E-state index contributed by atoms with van der Waals surface area (Å²) in [5, 5.41) is 3.66. The fourth-order valence-corrected chi connectivity index (χ4v) is 3.51. The third-order valence-electron chi connectivity index (χ3n) is 4.62. The van der Waals surface area contributed by atoms with Crippen LogP contribution in [-0.2, 0) is 6.42 Å². The van der Waals surface area contributed by atoms with Crippen LogP contribution >= 0.6 is 0 Å². The average Bonchev–Trinajstić information content (AvgIpc) is 2.50. The van der Waals surface area contributed by atoms with Crippen LogP contribution in [0.4, 0.5) is 5.82 Å². The topological polar surface area (TPSA) is 57.4 Å². The molecule has 0 radical (unpaired) electrons. The maximum Gasteiger partial charge on any atom is 0.126 e. The van der Waals surface area contributed by atoms with E-state index in [0.29, 0.717) is 17.9 Å². The van der Waals surface area contributed by atoms with E-state index in [2.05, 4.69) is 33.1 Å². The zero-order chi connectivity index (χ0) is 13.9. The van der Waals surface area contributed by atoms with Crippen molar-refractivity contribution < 1.29 is 0 Å². The molecule has 5 heteroatoms. The van der Waals surface area contributed by atoms with Gasteiger partial charge in [-0.3, -0.25) is 9.80 Å². The third-order valence-corrected chi connectivity index (χ3v) is 4.62. The first-order valence-electron chi connectivity index (χ1n) is 7.67. The predicted octanol–water partition coefficient (Wildman–Crippen LogP) is 0.184. The lowest BCUT2D eigenvalue weighted by Gasteiger charge is -2.50. The van der Waals surface area contributed by atoms with E-state index in [1.54, 1.807) is 6.20 Å². The Bertz CT molecular complexity index is 442. The molecule has 5 nitrogen and oxygen atoms in total. The van der Waals surface area contributed by atoms with Crippen LogP contribution < -0.4 is 11.1 Å². The molecule has 3 N–H and O–H groups in total. The number of nitrogens with one attached hydrogen (secondary N) is 1. The van der Waals surface area contributed by atoms with Gasteiger partial charge in [0.15, 0.2) is 0 Å². The van der Waals surface area contributed by atoms with E-state index in [9.17, 15) is 0 Å². The van der Waals surface area contributed by atoms with Crippen LogP contribution in [0.15, 0.2) is 18.3 Å². The highest BCUT2D eigenvalue weighted by Gasteiger charge is 2.36. The van der Waals surface area contributed by atoms with E-state index in [1.165, 1.54) is 32.7 Å². The molecule has 2 unspecified atom stereocenters. The van der Waals surface area contributed by atoms with E-state index < -0.39 is 0 Å². The summed E-state index contributed by atoms with van der Waals surface area (Å²) in [5.41, 5.74) is 7.17. The first-order valence-corrected chi connectivity index (χ1v) is 7.67. The highest BCUT2D eigenvalue weighted by Crippen LogP contribution is 2.21. The molecule has 0 aliphatic carbocycles. The number of hydrogen-bond acceptors (Lipinski definition) is 5. The molecule has 1 aromatic rings. The summed E-state index contributed by atoms with van der Waals surface area (Å²) in [6.07, 6.45) is 2.72. The lowest BCUT2D eigenvalue weighted by Crippen LogP contribution is -2.66. The first kappa shape index (κ1) is 13.8. The van der Waals surface area contributed by atoms with Crippen molar-refractivity contribution >= 4 is 5.82 Å². The number of piperazine rings is 3. The second-order valence-corrected chi connectivity index (χ2v) is 5.82. The van der Waals surface area contributed by atoms with E-state index >= 15 is 0 Å². The number of nitrogen functional groups attached to an aromatic ring is 1. The van der Waals surface area contributed by atoms with Crippen LogP contribution in [0.1, 0.15) is 12.5 Å². The fraction of sp³-hybridized carbons (Fsp3) is 0.667. The van der Waals surface area contributed by atoms with Crippen molar-refractivity contribution in [2.75, 3.05) is 45.0 Å². The van der Waals surface area contributed by atoms with Gasteiger partial charge < -0.3 is 11.1 Å². The van der Waals surface area contributed by atoms with E-state index in [-0.39, 0.29) is 0 Å². The lowest BCUT2D eigenvalue weighted by molar-refractivity contribution is -0.00287. The fourth-order valence-electron chi connectivity index (χ4n) is 3.51. The largest absolute Gasteiger partial charge is 0.383 e. The Morgan fingerprint density at radius 2 is 2.20 bits per heavy atom. The van der Waals surface area contributed by atoms with Crippen molar-refractivity contribution in [3.8, 4) is 0 Å². The third kappa shape index (κ3) is 2.80. The number of likely N-dealkylation sites (N-methyl/N-ethyl adjacent to an activating group) is 1. The molecule has 3 aliphatic rings. The molecule has 0 aromatic carbocycles. The summed E-state index contributed by atoms with van der Waals surface area (Å²) < 4.78 is 0. The number of anilines is 1. The normalized spacial score (nSPS) is 30.4. The number of nitrogens with two attached hydrogens (primary N) is 1. The minimum atomic E-state index is 0.453. The van der Waals surface area contributed by atoms with E-state index in [0.717, 1.165) is 18.5 Å². The van der Waals surface area contributed by atoms with Gasteiger partial charge in [0, 0.05) is 51.0 Å². The predicted molar refractivity (Wildman–Crippen MR) is 81.6 cm³/mol. The van der Waals surface area contributed by atoms with Crippen LogP contribution in [0.5, 0.6) is 0 Å². The molecule has 20 heavy (non-hydrogen) atoms. The summed E-state index contributed by atoms with van der Waals surface area (Å²) in [6, 6.07) is 5.13. The van der Waals surface area contributed by atoms with Gasteiger partial charge in [0.1, 0.15) is 5.82 Å². The number of rotatable bonds is 5. The molecule has 3 saturated heterocycles. The quantitative estimate of drug-likeness (QED) is 0.803. The van der Waals surface area contributed by atoms with E-state index in [4.69, 9.17) is 5.73 Å². The van der Waals surface area contributed by atoms with Gasteiger partial charge in [-0.05, 0) is 24.6 Å². The minimum absolute atomic E-state index is 0.453. The van der Waals surface area contributed by atoms with Crippen LogP contribution in [-0.4, -0.2) is 66.1 Å². The average molecular weight is 275 g/mol. The number of fused-ring (bicyclic) bond motifs is 3. The molecule has 1 aromatic heterocycles.